The molecule has 5 heteroatoms. The van der Waals surface area contributed by atoms with Crippen LogP contribution in [0.1, 0.15) is 19.4 Å². The third kappa shape index (κ3) is 3.57. The number of hydrogen-bond donors (Lipinski definition) is 1. The Balaban J connectivity index is 2.79. The molecule has 0 heterocycles. The molecule has 1 atom stereocenters. The van der Waals surface area contributed by atoms with Gasteiger partial charge in [0.05, 0.1) is 4.92 Å². The Kier molecular flexibility index (Phi) is 4.89. The zero-order chi connectivity index (χ0) is 12.1. The van der Waals surface area contributed by atoms with Crippen molar-refractivity contribution in [2.45, 2.75) is 26.3 Å². The first kappa shape index (κ1) is 13.1. The lowest BCUT2D eigenvalue weighted by molar-refractivity contribution is -0.384. The number of nitrogens with one attached hydrogen (secondary N) is 1. The summed E-state index contributed by atoms with van der Waals surface area (Å²) in [6.07, 6.45) is 0.854. The molecule has 0 aromatic heterocycles. The van der Waals surface area contributed by atoms with Gasteiger partial charge in [0.15, 0.2) is 0 Å². The predicted molar refractivity (Wildman–Crippen MR) is 67.6 cm³/mol. The van der Waals surface area contributed by atoms with Crippen LogP contribution in [0.2, 0.25) is 0 Å². The van der Waals surface area contributed by atoms with Crippen LogP contribution < -0.4 is 5.32 Å². The van der Waals surface area contributed by atoms with Crippen LogP contribution in [0.25, 0.3) is 0 Å². The molecule has 16 heavy (non-hydrogen) atoms. The number of likely N-dealkylation sites (N-methyl/N-ethyl adjacent to an activating group) is 1. The van der Waals surface area contributed by atoms with Gasteiger partial charge < -0.3 is 5.32 Å². The van der Waals surface area contributed by atoms with Gasteiger partial charge >= 0.3 is 0 Å². The summed E-state index contributed by atoms with van der Waals surface area (Å²) in [7, 11) is 0. The molecule has 1 unspecified atom stereocenters. The van der Waals surface area contributed by atoms with Gasteiger partial charge in [0.2, 0.25) is 0 Å². The summed E-state index contributed by atoms with van der Waals surface area (Å²) in [5, 5.41) is 13.9. The number of non-ortho nitro benzene ring substituents is 1. The number of nitro benzene ring substituents is 1. The van der Waals surface area contributed by atoms with Crippen molar-refractivity contribution in [1.29, 1.82) is 0 Å². The summed E-state index contributed by atoms with van der Waals surface area (Å²) in [5.41, 5.74) is 1.20. The van der Waals surface area contributed by atoms with Gasteiger partial charge in [-0.05, 0) is 25.5 Å². The van der Waals surface area contributed by atoms with E-state index in [1.807, 2.05) is 0 Å². The molecule has 0 bridgehead atoms. The van der Waals surface area contributed by atoms with Gasteiger partial charge in [-0.1, -0.05) is 28.9 Å². The first-order valence-electron chi connectivity index (χ1n) is 5.20. The zero-order valence-corrected chi connectivity index (χ0v) is 11.0. The maximum absolute atomic E-state index is 10.6. The van der Waals surface area contributed by atoms with Gasteiger partial charge in [-0.15, -0.1) is 0 Å². The molecule has 0 aliphatic rings. The molecule has 0 fully saturated rings. The number of nitro groups is 1. The number of nitrogens with zero attached hydrogens (tertiary/aromatic N) is 1. The number of benzene rings is 1. The molecule has 0 spiro atoms. The fourth-order valence-electron chi connectivity index (χ4n) is 1.57. The highest BCUT2D eigenvalue weighted by Crippen LogP contribution is 2.23. The smallest absolute Gasteiger partial charge is 0.270 e. The van der Waals surface area contributed by atoms with E-state index in [2.05, 4.69) is 35.1 Å². The van der Waals surface area contributed by atoms with Gasteiger partial charge in [-0.25, -0.2) is 0 Å². The Morgan fingerprint density at radius 2 is 2.25 bits per heavy atom. The SMILES string of the molecule is CCNC(C)Cc1ccc([N+](=O)[O-])cc1Br. The Hall–Kier alpha value is -0.940. The van der Waals surface area contributed by atoms with Crippen molar-refractivity contribution in [3.8, 4) is 0 Å². The van der Waals surface area contributed by atoms with E-state index >= 15 is 0 Å². The van der Waals surface area contributed by atoms with Crippen LogP contribution in [0.3, 0.4) is 0 Å². The van der Waals surface area contributed by atoms with Gasteiger partial charge in [-0.2, -0.15) is 0 Å². The van der Waals surface area contributed by atoms with Gasteiger partial charge in [0, 0.05) is 22.6 Å². The van der Waals surface area contributed by atoms with Gasteiger partial charge in [0.25, 0.3) is 5.69 Å². The van der Waals surface area contributed by atoms with Crippen LogP contribution in [0.15, 0.2) is 22.7 Å². The standard InChI is InChI=1S/C11H15BrN2O2/c1-3-13-8(2)6-9-4-5-10(14(15)16)7-11(9)12/h4-5,7-8,13H,3,6H2,1-2H3. The van der Waals surface area contributed by atoms with Crippen molar-refractivity contribution in [2.24, 2.45) is 0 Å². The fourth-order valence-corrected chi connectivity index (χ4v) is 2.09. The van der Waals surface area contributed by atoms with Crippen LogP contribution in [-0.2, 0) is 6.42 Å². The molecule has 0 saturated heterocycles. The van der Waals surface area contributed by atoms with E-state index < -0.39 is 0 Å². The van der Waals surface area contributed by atoms with E-state index in [9.17, 15) is 10.1 Å². The van der Waals surface area contributed by atoms with Crippen LogP contribution >= 0.6 is 15.9 Å². The van der Waals surface area contributed by atoms with Crippen LogP contribution in [0, 0.1) is 10.1 Å². The lowest BCUT2D eigenvalue weighted by Gasteiger charge is -2.13. The Labute approximate surface area is 103 Å². The lowest BCUT2D eigenvalue weighted by atomic mass is 10.1. The number of hydrogen-bond acceptors (Lipinski definition) is 3. The third-order valence-corrected chi connectivity index (χ3v) is 3.06. The van der Waals surface area contributed by atoms with Crippen molar-refractivity contribution in [3.05, 3.63) is 38.3 Å². The van der Waals surface area contributed by atoms with Crippen molar-refractivity contribution in [1.82, 2.24) is 5.32 Å². The first-order chi connectivity index (χ1) is 7.54. The van der Waals surface area contributed by atoms with Gasteiger partial charge in [0.1, 0.15) is 0 Å². The zero-order valence-electron chi connectivity index (χ0n) is 9.37. The van der Waals surface area contributed by atoms with Crippen molar-refractivity contribution < 1.29 is 4.92 Å². The highest BCUT2D eigenvalue weighted by Gasteiger charge is 2.10. The number of halogens is 1. The maximum Gasteiger partial charge on any atom is 0.270 e. The normalized spacial score (nSPS) is 12.4. The molecule has 1 aromatic rings. The van der Waals surface area contributed by atoms with E-state index in [0.29, 0.717) is 6.04 Å². The average Bonchev–Trinajstić information content (AvgIpc) is 2.21. The monoisotopic (exact) mass is 286 g/mol. The Morgan fingerprint density at radius 1 is 1.56 bits per heavy atom. The fraction of sp³-hybridized carbons (Fsp3) is 0.455. The minimum atomic E-state index is -0.387. The first-order valence-corrected chi connectivity index (χ1v) is 6.00. The molecule has 0 radical (unpaired) electrons. The molecule has 0 aliphatic carbocycles. The highest BCUT2D eigenvalue weighted by molar-refractivity contribution is 9.10. The molecule has 0 amide bonds. The second-order valence-corrected chi connectivity index (χ2v) is 4.55. The minimum absolute atomic E-state index is 0.117. The predicted octanol–water partition coefficient (Wildman–Crippen LogP) is 2.90. The van der Waals surface area contributed by atoms with Crippen molar-refractivity contribution in [2.75, 3.05) is 6.54 Å². The summed E-state index contributed by atoms with van der Waals surface area (Å²) >= 11 is 3.36. The molecule has 1 N–H and O–H groups in total. The summed E-state index contributed by atoms with van der Waals surface area (Å²) in [6.45, 7) is 5.07. The quantitative estimate of drug-likeness (QED) is 0.669. The maximum atomic E-state index is 10.6. The molecule has 1 rings (SSSR count). The van der Waals surface area contributed by atoms with E-state index in [0.717, 1.165) is 23.0 Å². The minimum Gasteiger partial charge on any atom is -0.314 e. The second kappa shape index (κ2) is 5.96. The van der Waals surface area contributed by atoms with Gasteiger partial charge in [-0.3, -0.25) is 10.1 Å². The lowest BCUT2D eigenvalue weighted by Crippen LogP contribution is -2.27. The average molecular weight is 287 g/mol. The largest absolute Gasteiger partial charge is 0.314 e. The van der Waals surface area contributed by atoms with E-state index in [4.69, 9.17) is 0 Å². The molecular weight excluding hydrogens is 272 g/mol. The van der Waals surface area contributed by atoms with Crippen LogP contribution in [0.4, 0.5) is 5.69 Å². The molecule has 0 saturated carbocycles. The summed E-state index contributed by atoms with van der Waals surface area (Å²) in [4.78, 5) is 10.2. The summed E-state index contributed by atoms with van der Waals surface area (Å²) in [5.74, 6) is 0. The van der Waals surface area contributed by atoms with Crippen LogP contribution in [0.5, 0.6) is 0 Å². The molecule has 4 nitrogen and oxygen atoms in total. The van der Waals surface area contributed by atoms with Crippen molar-refractivity contribution >= 4 is 21.6 Å². The van der Waals surface area contributed by atoms with E-state index in [1.54, 1.807) is 18.2 Å². The van der Waals surface area contributed by atoms with E-state index in [1.165, 1.54) is 0 Å². The van der Waals surface area contributed by atoms with Crippen LogP contribution in [-0.4, -0.2) is 17.5 Å². The number of rotatable bonds is 5. The topological polar surface area (TPSA) is 55.2 Å². The van der Waals surface area contributed by atoms with Crippen molar-refractivity contribution in [3.63, 3.8) is 0 Å². The summed E-state index contributed by atoms with van der Waals surface area (Å²) in [6, 6.07) is 5.26. The molecule has 0 aliphatic heterocycles. The molecule has 1 aromatic carbocycles. The second-order valence-electron chi connectivity index (χ2n) is 3.70. The Morgan fingerprint density at radius 3 is 2.75 bits per heavy atom. The van der Waals surface area contributed by atoms with E-state index in [-0.39, 0.29) is 10.6 Å². The highest BCUT2D eigenvalue weighted by atomic mass is 79.9. The third-order valence-electron chi connectivity index (χ3n) is 2.33. The summed E-state index contributed by atoms with van der Waals surface area (Å²) < 4.78 is 0.798. The molecular formula is C11H15BrN2O2. The molecule has 88 valence electrons. The Bertz CT molecular complexity index is 382.